The number of fused-ring (bicyclic) bond motifs is 13. The van der Waals surface area contributed by atoms with Crippen molar-refractivity contribution in [2.24, 2.45) is 0 Å². The first-order valence-electron chi connectivity index (χ1n) is 17.0. The minimum absolute atomic E-state index is 0.0723. The number of anilines is 3. The zero-order valence-electron chi connectivity index (χ0n) is 27.5. The van der Waals surface area contributed by atoms with Crippen LogP contribution in [0.4, 0.5) is 17.1 Å². The maximum atomic E-state index is 2.57. The fourth-order valence-electron chi connectivity index (χ4n) is 9.19. The van der Waals surface area contributed by atoms with Crippen LogP contribution in [0.5, 0.6) is 0 Å². The van der Waals surface area contributed by atoms with Crippen molar-refractivity contribution in [3.8, 4) is 33.4 Å². The predicted octanol–water partition coefficient (Wildman–Crippen LogP) is 9.11. The van der Waals surface area contributed by atoms with Gasteiger partial charge in [0.2, 0.25) is 0 Å². The van der Waals surface area contributed by atoms with Crippen LogP contribution in [0.3, 0.4) is 0 Å². The Bertz CT molecular complexity index is 2390. The molecule has 7 aromatic carbocycles. The summed E-state index contributed by atoms with van der Waals surface area (Å²) in [6.45, 7) is 6.91. The van der Waals surface area contributed by atoms with E-state index in [1.54, 1.807) is 13.2 Å². The second-order valence-electron chi connectivity index (χ2n) is 14.2. The summed E-state index contributed by atoms with van der Waals surface area (Å²) < 4.78 is 6.21. The molecule has 10 rings (SSSR count). The van der Waals surface area contributed by atoms with Crippen molar-refractivity contribution in [1.29, 1.82) is 0 Å². The van der Waals surface area contributed by atoms with Gasteiger partial charge in [0.1, 0.15) is 0 Å². The first-order valence-corrected chi connectivity index (χ1v) is 21.2. The minimum atomic E-state index is -3.31. The van der Waals surface area contributed by atoms with Gasteiger partial charge in [-0.2, -0.15) is 0 Å². The molecule has 2 heterocycles. The summed E-state index contributed by atoms with van der Waals surface area (Å²) in [5, 5.41) is 0. The zero-order valence-corrected chi connectivity index (χ0v) is 29.6. The number of benzene rings is 7. The quantitative estimate of drug-likeness (QED) is 0.169. The average molecular weight is 674 g/mol. The SMILES string of the molecule is Cc1ccc(N(c2ccc3c(c2)C(C)(C)c2ccccc2-3)c2ccc3[c](c2)[Ge]2([c]4ccccc4-c4cccc[c]42)[c]2ccccc2-3)cc1. The van der Waals surface area contributed by atoms with Gasteiger partial charge in [-0.1, -0.05) is 0 Å². The molecule has 1 aliphatic carbocycles. The number of nitrogens with zero attached hydrogens (tertiary/aromatic N) is 1. The van der Waals surface area contributed by atoms with E-state index in [1.807, 2.05) is 0 Å². The molecule has 7 aromatic rings. The molecular weight excluding hydrogens is 639 g/mol. The second kappa shape index (κ2) is 9.95. The monoisotopic (exact) mass is 675 g/mol. The van der Waals surface area contributed by atoms with E-state index in [9.17, 15) is 0 Å². The Balaban J connectivity index is 1.23. The molecule has 1 spiro atoms. The number of hydrogen-bond donors (Lipinski definition) is 0. The van der Waals surface area contributed by atoms with Gasteiger partial charge < -0.3 is 0 Å². The Morgan fingerprint density at radius 1 is 0.396 bits per heavy atom. The summed E-state index contributed by atoms with van der Waals surface area (Å²) in [4.78, 5) is 2.49. The molecule has 0 saturated carbocycles. The van der Waals surface area contributed by atoms with E-state index in [2.05, 4.69) is 183 Å². The van der Waals surface area contributed by atoms with Crippen molar-refractivity contribution in [3.05, 3.63) is 174 Å². The third-order valence-corrected chi connectivity index (χ3v) is 21.7. The fraction of sp³-hybridized carbons (Fsp3) is 0.0870. The van der Waals surface area contributed by atoms with E-state index < -0.39 is 13.3 Å². The fourth-order valence-corrected chi connectivity index (χ4v) is 21.0. The first kappa shape index (κ1) is 27.9. The van der Waals surface area contributed by atoms with Crippen molar-refractivity contribution >= 4 is 47.9 Å². The molecule has 0 radical (unpaired) electrons. The molecule has 228 valence electrons. The summed E-state index contributed by atoms with van der Waals surface area (Å²) in [7, 11) is 0. The molecule has 2 aliphatic heterocycles. The van der Waals surface area contributed by atoms with Crippen LogP contribution < -0.4 is 22.5 Å². The molecule has 0 bridgehead atoms. The van der Waals surface area contributed by atoms with Crippen molar-refractivity contribution in [2.75, 3.05) is 4.90 Å². The third kappa shape index (κ3) is 3.57. The van der Waals surface area contributed by atoms with Gasteiger partial charge in [0.15, 0.2) is 0 Å². The molecule has 0 aromatic heterocycles. The van der Waals surface area contributed by atoms with Gasteiger partial charge in [0.05, 0.1) is 0 Å². The van der Waals surface area contributed by atoms with Crippen LogP contribution in [-0.2, 0) is 5.41 Å². The van der Waals surface area contributed by atoms with Gasteiger partial charge >= 0.3 is 287 Å². The molecule has 0 fully saturated rings. The summed E-state index contributed by atoms with van der Waals surface area (Å²) >= 11 is -3.31. The molecule has 1 nitrogen and oxygen atoms in total. The number of hydrogen-bond acceptors (Lipinski definition) is 1. The van der Waals surface area contributed by atoms with E-state index >= 15 is 0 Å². The second-order valence-corrected chi connectivity index (χ2v) is 21.9. The Hall–Kier alpha value is -5.12. The molecule has 0 N–H and O–H groups in total. The van der Waals surface area contributed by atoms with Gasteiger partial charge in [-0.05, 0) is 0 Å². The van der Waals surface area contributed by atoms with Crippen LogP contribution in [-0.4, -0.2) is 13.3 Å². The van der Waals surface area contributed by atoms with Crippen LogP contribution in [0.15, 0.2) is 158 Å². The zero-order chi connectivity index (χ0) is 32.2. The Kier molecular flexibility index (Phi) is 5.79. The van der Waals surface area contributed by atoms with E-state index in [4.69, 9.17) is 0 Å². The Labute approximate surface area is 285 Å². The van der Waals surface area contributed by atoms with Crippen molar-refractivity contribution < 1.29 is 0 Å². The van der Waals surface area contributed by atoms with Crippen LogP contribution in [0, 0.1) is 6.92 Å². The van der Waals surface area contributed by atoms with E-state index in [-0.39, 0.29) is 5.41 Å². The molecular formula is C46H35GeN. The summed E-state index contributed by atoms with van der Waals surface area (Å²) in [6.07, 6.45) is 0. The molecule has 0 unspecified atom stereocenters. The summed E-state index contributed by atoms with van der Waals surface area (Å²) in [5.41, 5.74) is 15.9. The van der Waals surface area contributed by atoms with E-state index in [1.165, 1.54) is 71.5 Å². The summed E-state index contributed by atoms with van der Waals surface area (Å²) in [5.74, 6) is 0. The summed E-state index contributed by atoms with van der Waals surface area (Å²) in [6, 6.07) is 60.2. The van der Waals surface area contributed by atoms with Crippen LogP contribution in [0.1, 0.15) is 30.5 Å². The third-order valence-electron chi connectivity index (χ3n) is 11.4. The number of aryl methyl sites for hydroxylation is 1. The molecule has 0 amide bonds. The molecule has 2 heteroatoms. The van der Waals surface area contributed by atoms with Crippen molar-refractivity contribution in [2.45, 2.75) is 26.2 Å². The van der Waals surface area contributed by atoms with Crippen LogP contribution in [0.2, 0.25) is 0 Å². The Morgan fingerprint density at radius 3 is 1.44 bits per heavy atom. The molecule has 48 heavy (non-hydrogen) atoms. The van der Waals surface area contributed by atoms with Crippen LogP contribution >= 0.6 is 0 Å². The van der Waals surface area contributed by atoms with Crippen molar-refractivity contribution in [1.82, 2.24) is 0 Å². The van der Waals surface area contributed by atoms with Gasteiger partial charge in [-0.15, -0.1) is 0 Å². The van der Waals surface area contributed by atoms with Gasteiger partial charge in [-0.3, -0.25) is 0 Å². The molecule has 0 saturated heterocycles. The van der Waals surface area contributed by atoms with Gasteiger partial charge in [0.25, 0.3) is 0 Å². The number of rotatable bonds is 3. The van der Waals surface area contributed by atoms with Gasteiger partial charge in [-0.25, -0.2) is 0 Å². The van der Waals surface area contributed by atoms with Crippen molar-refractivity contribution in [3.63, 3.8) is 0 Å². The normalized spacial score (nSPS) is 14.9. The average Bonchev–Trinajstić information content (AvgIpc) is 3.68. The molecule has 0 atom stereocenters. The topological polar surface area (TPSA) is 3.24 Å². The van der Waals surface area contributed by atoms with E-state index in [0.29, 0.717) is 0 Å². The van der Waals surface area contributed by atoms with Gasteiger partial charge in [0, 0.05) is 0 Å². The standard InChI is InChI=1S/C46H35GeN/c1-30-20-22-31(23-21-30)48(32-24-26-35-34-12-4-8-16-40(34)46(2,3)41(35)28-32)33-25-27-39-38-15-7-11-19-44(38)47(45(39)29-33)42-17-9-5-13-36(42)37-14-6-10-18-43(37)47/h4-29H,1-3H3. The van der Waals surface area contributed by atoms with Crippen LogP contribution in [0.25, 0.3) is 33.4 Å². The van der Waals surface area contributed by atoms with E-state index in [0.717, 1.165) is 0 Å². The maximum absolute atomic E-state index is 3.31. The predicted molar refractivity (Wildman–Crippen MR) is 205 cm³/mol. The Morgan fingerprint density at radius 2 is 0.833 bits per heavy atom. The molecule has 3 aliphatic rings. The first-order chi connectivity index (χ1) is 23.5.